The van der Waals surface area contributed by atoms with Gasteiger partial charge >= 0.3 is 12.1 Å². The maximum Gasteiger partial charge on any atom is 0.435 e. The van der Waals surface area contributed by atoms with E-state index in [1.54, 1.807) is 0 Å². The summed E-state index contributed by atoms with van der Waals surface area (Å²) >= 11 is 0. The predicted octanol–water partition coefficient (Wildman–Crippen LogP) is 3.01. The summed E-state index contributed by atoms with van der Waals surface area (Å²) in [4.78, 5) is 23.0. The molecule has 0 fully saturated rings. The number of Topliss-reactive ketones (excluding diaryl/α,β-unsaturated/α-hetero) is 1. The van der Waals surface area contributed by atoms with Crippen LogP contribution in [-0.2, 0) is 13.2 Å². The number of aromatic nitrogens is 2. The monoisotopic (exact) mass is 312 g/mol. The first-order valence-corrected chi connectivity index (χ1v) is 6.12. The first-order chi connectivity index (χ1) is 10.1. The number of rotatable bonds is 3. The summed E-state index contributed by atoms with van der Waals surface area (Å²) in [6.45, 7) is 1.10. The molecule has 0 saturated carbocycles. The van der Waals surface area contributed by atoms with Gasteiger partial charge in [0, 0.05) is 25.1 Å². The van der Waals surface area contributed by atoms with Gasteiger partial charge < -0.3 is 5.11 Å². The van der Waals surface area contributed by atoms with E-state index in [4.69, 9.17) is 5.11 Å². The molecule has 2 rings (SSSR count). The van der Waals surface area contributed by atoms with Crippen LogP contribution < -0.4 is 0 Å². The number of carbonyl (C=O) groups is 2. The van der Waals surface area contributed by atoms with Crippen LogP contribution in [-0.4, -0.2) is 26.6 Å². The Bertz CT molecular complexity index is 763. The zero-order valence-electron chi connectivity index (χ0n) is 11.6. The second-order valence-electron chi connectivity index (χ2n) is 4.60. The third kappa shape index (κ3) is 2.59. The van der Waals surface area contributed by atoms with E-state index in [1.807, 2.05) is 0 Å². The topological polar surface area (TPSA) is 72.2 Å². The van der Waals surface area contributed by atoms with Gasteiger partial charge in [0.1, 0.15) is 5.69 Å². The number of carboxylic acids is 1. The molecule has 1 N–H and O–H groups in total. The van der Waals surface area contributed by atoms with Gasteiger partial charge in [-0.2, -0.15) is 18.3 Å². The predicted molar refractivity (Wildman–Crippen MR) is 70.6 cm³/mol. The molecule has 0 aliphatic heterocycles. The van der Waals surface area contributed by atoms with E-state index in [9.17, 15) is 22.8 Å². The lowest BCUT2D eigenvalue weighted by atomic mass is 9.96. The Morgan fingerprint density at radius 1 is 1.23 bits per heavy atom. The average Bonchev–Trinajstić information content (AvgIpc) is 2.76. The van der Waals surface area contributed by atoms with Gasteiger partial charge in [0.2, 0.25) is 0 Å². The second kappa shape index (κ2) is 5.28. The van der Waals surface area contributed by atoms with Gasteiger partial charge in [-0.1, -0.05) is 18.2 Å². The third-order valence-electron chi connectivity index (χ3n) is 3.08. The smallest absolute Gasteiger partial charge is 0.435 e. The molecule has 22 heavy (non-hydrogen) atoms. The molecule has 0 unspecified atom stereocenters. The number of carbonyl (C=O) groups excluding carboxylic acids is 1. The quantitative estimate of drug-likeness (QED) is 0.884. The molecule has 2 aromatic rings. The van der Waals surface area contributed by atoms with Gasteiger partial charge in [0.15, 0.2) is 11.5 Å². The molecule has 0 saturated heterocycles. The molecule has 0 atom stereocenters. The zero-order valence-corrected chi connectivity index (χ0v) is 11.6. The highest BCUT2D eigenvalue weighted by Gasteiger charge is 2.40. The molecule has 0 spiro atoms. The normalized spacial score (nSPS) is 11.5. The lowest BCUT2D eigenvalue weighted by Crippen LogP contribution is -2.10. The molecule has 5 nitrogen and oxygen atoms in total. The summed E-state index contributed by atoms with van der Waals surface area (Å²) in [5.41, 5.74) is -2.61. The Balaban J connectivity index is 2.91. The minimum Gasteiger partial charge on any atom is -0.478 e. The minimum atomic E-state index is -4.81. The van der Waals surface area contributed by atoms with Crippen molar-refractivity contribution < 1.29 is 27.9 Å². The van der Waals surface area contributed by atoms with Crippen molar-refractivity contribution in [2.24, 2.45) is 7.05 Å². The molecule has 0 bridgehead atoms. The Morgan fingerprint density at radius 3 is 2.32 bits per heavy atom. The zero-order chi connectivity index (χ0) is 16.7. The van der Waals surface area contributed by atoms with E-state index in [0.29, 0.717) is 0 Å². The fourth-order valence-corrected chi connectivity index (χ4v) is 2.27. The summed E-state index contributed by atoms with van der Waals surface area (Å²) in [6, 6.07) is 5.19. The van der Waals surface area contributed by atoms with Crippen LogP contribution in [0.3, 0.4) is 0 Å². The highest BCUT2D eigenvalue weighted by atomic mass is 19.4. The van der Waals surface area contributed by atoms with Crippen LogP contribution in [0, 0.1) is 0 Å². The molecule has 8 heteroatoms. The van der Waals surface area contributed by atoms with Crippen molar-refractivity contribution in [2.45, 2.75) is 13.1 Å². The van der Waals surface area contributed by atoms with Crippen LogP contribution in [0.5, 0.6) is 0 Å². The standard InChI is InChI=1S/C14H11F3N2O3/c1-7(20)11-10(12(14(15,16)17)18-19(11)2)8-5-3-4-6-9(8)13(21)22/h3-6H,1-2H3,(H,21,22). The van der Waals surface area contributed by atoms with Crippen molar-refractivity contribution in [3.05, 3.63) is 41.2 Å². The largest absolute Gasteiger partial charge is 0.478 e. The summed E-state index contributed by atoms with van der Waals surface area (Å²) in [6.07, 6.45) is -4.81. The fourth-order valence-electron chi connectivity index (χ4n) is 2.27. The van der Waals surface area contributed by atoms with Gasteiger partial charge in [0.25, 0.3) is 0 Å². The maximum absolute atomic E-state index is 13.2. The molecule has 1 aromatic heterocycles. The van der Waals surface area contributed by atoms with Crippen LogP contribution in [0.4, 0.5) is 13.2 Å². The number of hydrogen-bond donors (Lipinski definition) is 1. The van der Waals surface area contributed by atoms with Crippen molar-refractivity contribution >= 4 is 11.8 Å². The lowest BCUT2D eigenvalue weighted by molar-refractivity contribution is -0.141. The number of benzene rings is 1. The van der Waals surface area contributed by atoms with E-state index >= 15 is 0 Å². The number of ketones is 1. The summed E-state index contributed by atoms with van der Waals surface area (Å²) in [5.74, 6) is -2.03. The Kier molecular flexibility index (Phi) is 3.78. The molecule has 1 aromatic carbocycles. The molecule has 1 heterocycles. The van der Waals surface area contributed by atoms with Crippen molar-refractivity contribution in [3.8, 4) is 11.1 Å². The molecular formula is C14H11F3N2O3. The fraction of sp³-hybridized carbons (Fsp3) is 0.214. The molecule has 0 radical (unpaired) electrons. The van der Waals surface area contributed by atoms with Gasteiger partial charge in [-0.3, -0.25) is 9.48 Å². The van der Waals surface area contributed by atoms with Crippen molar-refractivity contribution in [1.29, 1.82) is 0 Å². The number of aromatic carboxylic acids is 1. The highest BCUT2D eigenvalue weighted by Crippen LogP contribution is 2.39. The minimum absolute atomic E-state index is 0.194. The number of aryl methyl sites for hydroxylation is 1. The molecule has 0 amide bonds. The van der Waals surface area contributed by atoms with Crippen LogP contribution in [0.1, 0.15) is 33.5 Å². The SMILES string of the molecule is CC(=O)c1c(-c2ccccc2C(=O)O)c(C(F)(F)F)nn1C. The van der Waals surface area contributed by atoms with Crippen molar-refractivity contribution in [3.63, 3.8) is 0 Å². The third-order valence-corrected chi connectivity index (χ3v) is 3.08. The van der Waals surface area contributed by atoms with Crippen LogP contribution in [0.15, 0.2) is 24.3 Å². The van der Waals surface area contributed by atoms with E-state index < -0.39 is 29.2 Å². The van der Waals surface area contributed by atoms with E-state index in [2.05, 4.69) is 5.10 Å². The van der Waals surface area contributed by atoms with Gasteiger partial charge in [-0.05, 0) is 6.07 Å². The Hall–Kier alpha value is -2.64. The van der Waals surface area contributed by atoms with Crippen LogP contribution >= 0.6 is 0 Å². The first-order valence-electron chi connectivity index (χ1n) is 6.12. The molecular weight excluding hydrogens is 301 g/mol. The summed E-state index contributed by atoms with van der Waals surface area (Å²) in [5, 5.41) is 12.5. The number of halogens is 3. The van der Waals surface area contributed by atoms with Crippen LogP contribution in [0.2, 0.25) is 0 Å². The van der Waals surface area contributed by atoms with E-state index in [1.165, 1.54) is 31.3 Å². The lowest BCUT2D eigenvalue weighted by Gasteiger charge is -2.10. The molecule has 0 aliphatic rings. The highest BCUT2D eigenvalue weighted by molar-refractivity contribution is 6.04. The van der Waals surface area contributed by atoms with E-state index in [-0.39, 0.29) is 16.8 Å². The average molecular weight is 312 g/mol. The first kappa shape index (κ1) is 15.7. The summed E-state index contributed by atoms with van der Waals surface area (Å²) < 4.78 is 40.4. The van der Waals surface area contributed by atoms with Crippen molar-refractivity contribution in [1.82, 2.24) is 9.78 Å². The maximum atomic E-state index is 13.2. The van der Waals surface area contributed by atoms with Gasteiger partial charge in [-0.25, -0.2) is 4.79 Å². The van der Waals surface area contributed by atoms with Gasteiger partial charge in [0.05, 0.1) is 5.56 Å². The Labute approximate surface area is 123 Å². The number of carboxylic acid groups (broad SMARTS) is 1. The van der Waals surface area contributed by atoms with Crippen LogP contribution in [0.25, 0.3) is 11.1 Å². The van der Waals surface area contributed by atoms with Crippen molar-refractivity contribution in [2.75, 3.05) is 0 Å². The number of hydrogen-bond acceptors (Lipinski definition) is 3. The molecule has 0 aliphatic carbocycles. The number of nitrogens with zero attached hydrogens (tertiary/aromatic N) is 2. The number of alkyl halides is 3. The molecule has 116 valence electrons. The Morgan fingerprint density at radius 2 is 1.82 bits per heavy atom. The second-order valence-corrected chi connectivity index (χ2v) is 4.60. The van der Waals surface area contributed by atoms with E-state index in [0.717, 1.165) is 11.6 Å². The summed E-state index contributed by atoms with van der Waals surface area (Å²) in [7, 11) is 1.21. The van der Waals surface area contributed by atoms with Gasteiger partial charge in [-0.15, -0.1) is 0 Å².